The number of carbonyl (C=O) groups excluding carboxylic acids is 1. The van der Waals surface area contributed by atoms with Crippen LogP contribution in [-0.4, -0.2) is 34.3 Å². The number of carbonyl (C=O) groups is 1. The summed E-state index contributed by atoms with van der Waals surface area (Å²) in [7, 11) is 1.82. The van der Waals surface area contributed by atoms with E-state index >= 15 is 0 Å². The van der Waals surface area contributed by atoms with Crippen LogP contribution in [0.5, 0.6) is 0 Å². The monoisotopic (exact) mass is 311 g/mol. The molecule has 0 bridgehead atoms. The number of hydrogen-bond acceptors (Lipinski definition) is 6. The van der Waals surface area contributed by atoms with Gasteiger partial charge in [0, 0.05) is 18.5 Å². The molecule has 0 saturated heterocycles. The van der Waals surface area contributed by atoms with Crippen molar-refractivity contribution in [2.75, 3.05) is 18.1 Å². The first-order valence-electron chi connectivity index (χ1n) is 6.93. The van der Waals surface area contributed by atoms with Crippen LogP contribution < -0.4 is 5.32 Å². The number of nitrogens with zero attached hydrogens (tertiary/aromatic N) is 2. The van der Waals surface area contributed by atoms with Gasteiger partial charge < -0.3 is 10.1 Å². The van der Waals surface area contributed by atoms with Gasteiger partial charge in [-0.05, 0) is 20.8 Å². The predicted molar refractivity (Wildman–Crippen MR) is 86.8 cm³/mol. The zero-order valence-electron chi connectivity index (χ0n) is 13.9. The summed E-state index contributed by atoms with van der Waals surface area (Å²) in [6, 6.07) is 1.84. The maximum Gasteiger partial charge on any atom is 0.316 e. The molecule has 0 unspecified atom stereocenters. The van der Waals surface area contributed by atoms with E-state index in [9.17, 15) is 4.79 Å². The number of aromatic nitrogens is 2. The van der Waals surface area contributed by atoms with Crippen molar-refractivity contribution in [2.24, 2.45) is 0 Å². The zero-order valence-corrected chi connectivity index (χ0v) is 14.7. The highest BCUT2D eigenvalue weighted by Gasteiger charge is 2.20. The summed E-state index contributed by atoms with van der Waals surface area (Å²) in [5.41, 5.74) is -0.607. The third kappa shape index (κ3) is 6.33. The second-order valence-corrected chi connectivity index (χ2v) is 7.79. The normalized spacial score (nSPS) is 12.1. The van der Waals surface area contributed by atoms with Crippen molar-refractivity contribution in [3.05, 3.63) is 11.9 Å². The summed E-state index contributed by atoms with van der Waals surface area (Å²) in [5, 5.41) is 3.79. The molecule has 1 rings (SSSR count). The lowest BCUT2D eigenvalue weighted by Crippen LogP contribution is -2.25. The van der Waals surface area contributed by atoms with Gasteiger partial charge in [-0.15, -0.1) is 0 Å². The number of rotatable bonds is 4. The number of anilines is 1. The van der Waals surface area contributed by atoms with Gasteiger partial charge in [0.2, 0.25) is 0 Å². The summed E-state index contributed by atoms with van der Waals surface area (Å²) in [4.78, 5) is 20.7. The molecule has 0 atom stereocenters. The van der Waals surface area contributed by atoms with Gasteiger partial charge in [-0.1, -0.05) is 32.5 Å². The lowest BCUT2D eigenvalue weighted by molar-refractivity contribution is -0.151. The van der Waals surface area contributed by atoms with E-state index in [0.29, 0.717) is 0 Å². The standard InChI is InChI=1S/C15H25N3O2S/c1-14(2,3)13-17-10(16-7)8-11(18-13)21-9-12(19)20-15(4,5)6/h8H,9H2,1-7H3,(H,16,17,18). The van der Waals surface area contributed by atoms with Crippen molar-refractivity contribution in [3.63, 3.8) is 0 Å². The Hall–Kier alpha value is -1.30. The van der Waals surface area contributed by atoms with E-state index in [1.54, 1.807) is 0 Å². The van der Waals surface area contributed by atoms with Crippen LogP contribution >= 0.6 is 11.8 Å². The first kappa shape index (κ1) is 17.8. The maximum atomic E-state index is 11.8. The quantitative estimate of drug-likeness (QED) is 0.523. The second kappa shape index (κ2) is 6.64. The molecule has 0 saturated carbocycles. The Morgan fingerprint density at radius 3 is 2.33 bits per heavy atom. The minimum absolute atomic E-state index is 0.145. The number of esters is 1. The SMILES string of the molecule is CNc1cc(SCC(=O)OC(C)(C)C)nc(C(C)(C)C)n1. The van der Waals surface area contributed by atoms with Crippen LogP contribution in [-0.2, 0) is 14.9 Å². The lowest BCUT2D eigenvalue weighted by atomic mass is 9.96. The molecule has 1 N–H and O–H groups in total. The topological polar surface area (TPSA) is 64.1 Å². The molecule has 0 fully saturated rings. The van der Waals surface area contributed by atoms with Gasteiger partial charge in [-0.25, -0.2) is 9.97 Å². The molecule has 0 amide bonds. The van der Waals surface area contributed by atoms with Crippen LogP contribution in [0, 0.1) is 0 Å². The molecular formula is C15H25N3O2S. The van der Waals surface area contributed by atoms with Gasteiger partial charge in [0.1, 0.15) is 22.3 Å². The minimum atomic E-state index is -0.462. The van der Waals surface area contributed by atoms with Crippen LogP contribution in [0.15, 0.2) is 11.1 Å². The van der Waals surface area contributed by atoms with Crippen LogP contribution in [0.2, 0.25) is 0 Å². The third-order valence-electron chi connectivity index (χ3n) is 2.39. The fraction of sp³-hybridized carbons (Fsp3) is 0.667. The summed E-state index contributed by atoms with van der Waals surface area (Å²) >= 11 is 1.36. The number of hydrogen-bond donors (Lipinski definition) is 1. The van der Waals surface area contributed by atoms with Crippen LogP contribution in [0.1, 0.15) is 47.4 Å². The van der Waals surface area contributed by atoms with Gasteiger partial charge in [0.05, 0.1) is 5.75 Å². The van der Waals surface area contributed by atoms with E-state index in [0.717, 1.165) is 16.7 Å². The number of thioether (sulfide) groups is 1. The van der Waals surface area contributed by atoms with Crippen molar-refractivity contribution in [3.8, 4) is 0 Å². The van der Waals surface area contributed by atoms with Gasteiger partial charge in [0.25, 0.3) is 0 Å². The van der Waals surface area contributed by atoms with Gasteiger partial charge in [0.15, 0.2) is 0 Å². The average Bonchev–Trinajstić information content (AvgIpc) is 2.33. The molecule has 0 radical (unpaired) electrons. The summed E-state index contributed by atoms with van der Waals surface area (Å²) < 4.78 is 5.29. The van der Waals surface area contributed by atoms with Gasteiger partial charge in [-0.3, -0.25) is 4.79 Å². The first-order valence-corrected chi connectivity index (χ1v) is 7.92. The molecule has 5 nitrogen and oxygen atoms in total. The van der Waals surface area contributed by atoms with Crippen LogP contribution in [0.3, 0.4) is 0 Å². The molecule has 0 aliphatic carbocycles. The van der Waals surface area contributed by atoms with Crippen molar-refractivity contribution in [1.82, 2.24) is 9.97 Å². The van der Waals surface area contributed by atoms with E-state index < -0.39 is 5.60 Å². The Morgan fingerprint density at radius 2 is 1.86 bits per heavy atom. The molecule has 0 aliphatic heterocycles. The van der Waals surface area contributed by atoms with Gasteiger partial charge in [-0.2, -0.15) is 0 Å². The largest absolute Gasteiger partial charge is 0.459 e. The molecule has 21 heavy (non-hydrogen) atoms. The summed E-state index contributed by atoms with van der Waals surface area (Å²) in [6.45, 7) is 11.8. The molecule has 6 heteroatoms. The highest BCUT2D eigenvalue weighted by atomic mass is 32.2. The van der Waals surface area contributed by atoms with E-state index in [4.69, 9.17) is 4.74 Å². The van der Waals surface area contributed by atoms with Crippen molar-refractivity contribution < 1.29 is 9.53 Å². The van der Waals surface area contributed by atoms with Crippen molar-refractivity contribution >= 4 is 23.5 Å². The molecule has 1 aromatic rings. The summed E-state index contributed by atoms with van der Waals surface area (Å²) in [6.07, 6.45) is 0. The maximum absolute atomic E-state index is 11.8. The van der Waals surface area contributed by atoms with E-state index in [2.05, 4.69) is 36.1 Å². The Balaban J connectivity index is 2.82. The lowest BCUT2D eigenvalue weighted by Gasteiger charge is -2.20. The molecule has 0 aromatic carbocycles. The van der Waals surface area contributed by atoms with Crippen molar-refractivity contribution in [1.29, 1.82) is 0 Å². The molecule has 0 aliphatic rings. The van der Waals surface area contributed by atoms with E-state index in [1.807, 2.05) is 33.9 Å². The van der Waals surface area contributed by atoms with Crippen LogP contribution in [0.25, 0.3) is 0 Å². The van der Waals surface area contributed by atoms with E-state index in [-0.39, 0.29) is 17.1 Å². The molecule has 1 heterocycles. The summed E-state index contributed by atoms with van der Waals surface area (Å²) in [5.74, 6) is 1.50. The number of ether oxygens (including phenoxy) is 1. The highest BCUT2D eigenvalue weighted by Crippen LogP contribution is 2.25. The van der Waals surface area contributed by atoms with Gasteiger partial charge >= 0.3 is 5.97 Å². The number of nitrogens with one attached hydrogen (secondary N) is 1. The highest BCUT2D eigenvalue weighted by molar-refractivity contribution is 7.99. The smallest absolute Gasteiger partial charge is 0.316 e. The Kier molecular flexibility index (Phi) is 5.61. The Bertz CT molecular complexity index is 505. The molecular weight excluding hydrogens is 286 g/mol. The Labute approximate surface area is 131 Å². The first-order chi connectivity index (χ1) is 9.51. The van der Waals surface area contributed by atoms with Crippen molar-refractivity contribution in [2.45, 2.75) is 57.6 Å². The van der Waals surface area contributed by atoms with Crippen LogP contribution in [0.4, 0.5) is 5.82 Å². The predicted octanol–water partition coefficient (Wildman–Crippen LogP) is 3.25. The fourth-order valence-electron chi connectivity index (χ4n) is 1.47. The minimum Gasteiger partial charge on any atom is -0.459 e. The molecule has 1 aromatic heterocycles. The third-order valence-corrected chi connectivity index (χ3v) is 3.27. The zero-order chi connectivity index (χ0) is 16.3. The van der Waals surface area contributed by atoms with E-state index in [1.165, 1.54) is 11.8 Å². The second-order valence-electron chi connectivity index (χ2n) is 6.79. The molecule has 0 spiro atoms. The average molecular weight is 311 g/mol. The fourth-order valence-corrected chi connectivity index (χ4v) is 2.14. The Morgan fingerprint density at radius 1 is 1.24 bits per heavy atom. The molecule has 118 valence electrons.